The average molecular weight is 323 g/mol. The van der Waals surface area contributed by atoms with Crippen LogP contribution in [0.5, 0.6) is 0 Å². The Kier molecular flexibility index (Phi) is 4.53. The normalized spacial score (nSPS) is 11.5. The van der Waals surface area contributed by atoms with Crippen molar-refractivity contribution < 1.29 is 9.53 Å². The number of aryl methyl sites for hydroxylation is 1. The Hall–Kier alpha value is -1.92. The van der Waals surface area contributed by atoms with Gasteiger partial charge in [0.2, 0.25) is 5.28 Å². The monoisotopic (exact) mass is 322 g/mol. The fraction of sp³-hybridized carbons (Fsp3) is 0.400. The summed E-state index contributed by atoms with van der Waals surface area (Å²) in [5.74, 6) is -0.423. The SMILES string of the molecule is COC(=O)c1cc(-c2nc(Cl)ncc2C)cn1CC(C)(C)N. The standard InChI is InChI=1S/C15H19ClN4O2/c1-9-6-18-14(16)19-12(9)10-5-11(13(21)22-4)20(7-10)8-15(2,3)17/h5-7H,8,17H2,1-4H3. The van der Waals surface area contributed by atoms with E-state index in [9.17, 15) is 4.79 Å². The Labute approximate surface area is 134 Å². The summed E-state index contributed by atoms with van der Waals surface area (Å²) in [5, 5.41) is 0.159. The number of carbonyl (C=O) groups is 1. The maximum absolute atomic E-state index is 12.0. The fourth-order valence-corrected chi connectivity index (χ4v) is 2.33. The lowest BCUT2D eigenvalue weighted by Gasteiger charge is -2.20. The lowest BCUT2D eigenvalue weighted by atomic mass is 10.1. The van der Waals surface area contributed by atoms with Crippen LogP contribution >= 0.6 is 11.6 Å². The van der Waals surface area contributed by atoms with Crippen molar-refractivity contribution in [2.75, 3.05) is 7.11 Å². The molecule has 0 atom stereocenters. The molecule has 2 heterocycles. The minimum Gasteiger partial charge on any atom is -0.464 e. The number of hydrogen-bond donors (Lipinski definition) is 1. The second kappa shape index (κ2) is 6.06. The zero-order chi connectivity index (χ0) is 16.5. The largest absolute Gasteiger partial charge is 0.464 e. The predicted molar refractivity (Wildman–Crippen MR) is 84.8 cm³/mol. The summed E-state index contributed by atoms with van der Waals surface area (Å²) < 4.78 is 6.61. The van der Waals surface area contributed by atoms with E-state index in [1.165, 1.54) is 7.11 Å². The summed E-state index contributed by atoms with van der Waals surface area (Å²) in [6, 6.07) is 1.73. The molecular weight excluding hydrogens is 304 g/mol. The molecule has 2 rings (SSSR count). The van der Waals surface area contributed by atoms with Crippen LogP contribution in [-0.4, -0.2) is 33.2 Å². The highest BCUT2D eigenvalue weighted by Gasteiger charge is 2.21. The van der Waals surface area contributed by atoms with Gasteiger partial charge in [0.1, 0.15) is 5.69 Å². The number of ether oxygens (including phenoxy) is 1. The Morgan fingerprint density at radius 3 is 2.77 bits per heavy atom. The van der Waals surface area contributed by atoms with E-state index in [4.69, 9.17) is 22.1 Å². The van der Waals surface area contributed by atoms with Crippen LogP contribution in [0.2, 0.25) is 5.28 Å². The van der Waals surface area contributed by atoms with E-state index in [0.717, 1.165) is 11.1 Å². The van der Waals surface area contributed by atoms with Crippen molar-refractivity contribution >= 4 is 17.6 Å². The summed E-state index contributed by atoms with van der Waals surface area (Å²) in [5.41, 5.74) is 8.32. The number of methoxy groups -OCH3 is 1. The number of esters is 1. The van der Waals surface area contributed by atoms with Crippen molar-refractivity contribution in [3.05, 3.63) is 35.0 Å². The van der Waals surface area contributed by atoms with Crippen molar-refractivity contribution in [2.24, 2.45) is 5.73 Å². The quantitative estimate of drug-likeness (QED) is 0.690. The Bertz CT molecular complexity index is 704. The van der Waals surface area contributed by atoms with Gasteiger partial charge in [0, 0.05) is 30.0 Å². The van der Waals surface area contributed by atoms with Gasteiger partial charge in [-0.05, 0) is 44.0 Å². The molecule has 0 aromatic carbocycles. The third-order valence-electron chi connectivity index (χ3n) is 3.08. The van der Waals surface area contributed by atoms with Crippen molar-refractivity contribution in [1.29, 1.82) is 0 Å². The molecule has 0 radical (unpaired) electrons. The maximum atomic E-state index is 12.0. The molecule has 0 aliphatic rings. The molecule has 22 heavy (non-hydrogen) atoms. The minimum atomic E-state index is -0.475. The fourth-order valence-electron chi connectivity index (χ4n) is 2.20. The van der Waals surface area contributed by atoms with Gasteiger partial charge in [-0.3, -0.25) is 0 Å². The van der Waals surface area contributed by atoms with Crippen LogP contribution in [0.15, 0.2) is 18.5 Å². The van der Waals surface area contributed by atoms with Crippen molar-refractivity contribution in [1.82, 2.24) is 14.5 Å². The summed E-state index contributed by atoms with van der Waals surface area (Å²) in [7, 11) is 1.35. The molecule has 0 unspecified atom stereocenters. The molecule has 0 bridgehead atoms. The van der Waals surface area contributed by atoms with Gasteiger partial charge in [-0.1, -0.05) is 0 Å². The van der Waals surface area contributed by atoms with Gasteiger partial charge < -0.3 is 15.0 Å². The third-order valence-corrected chi connectivity index (χ3v) is 3.27. The summed E-state index contributed by atoms with van der Waals surface area (Å²) in [4.78, 5) is 20.2. The molecule has 0 saturated heterocycles. The number of carbonyl (C=O) groups excluding carboxylic acids is 1. The van der Waals surface area contributed by atoms with Gasteiger partial charge in [-0.25, -0.2) is 14.8 Å². The molecule has 7 heteroatoms. The van der Waals surface area contributed by atoms with Gasteiger partial charge in [0.25, 0.3) is 0 Å². The molecule has 0 amide bonds. The van der Waals surface area contributed by atoms with Crippen molar-refractivity contribution in [2.45, 2.75) is 32.9 Å². The second-order valence-corrected chi connectivity index (χ2v) is 6.23. The molecule has 118 valence electrons. The average Bonchev–Trinajstić information content (AvgIpc) is 2.82. The highest BCUT2D eigenvalue weighted by molar-refractivity contribution is 6.28. The smallest absolute Gasteiger partial charge is 0.354 e. The second-order valence-electron chi connectivity index (χ2n) is 5.89. The van der Waals surface area contributed by atoms with Crippen molar-refractivity contribution in [3.63, 3.8) is 0 Å². The zero-order valence-electron chi connectivity index (χ0n) is 13.1. The van der Waals surface area contributed by atoms with Crippen LogP contribution in [-0.2, 0) is 11.3 Å². The first-order chi connectivity index (χ1) is 10.2. The van der Waals surface area contributed by atoms with E-state index in [2.05, 4.69) is 9.97 Å². The number of halogens is 1. The molecule has 0 aliphatic heterocycles. The van der Waals surface area contributed by atoms with Crippen LogP contribution in [0.4, 0.5) is 0 Å². The van der Waals surface area contributed by atoms with Crippen LogP contribution in [0.3, 0.4) is 0 Å². The van der Waals surface area contributed by atoms with Gasteiger partial charge in [-0.2, -0.15) is 0 Å². The molecule has 2 aromatic heterocycles. The number of nitrogens with zero attached hydrogens (tertiary/aromatic N) is 3. The molecule has 2 N–H and O–H groups in total. The molecule has 0 saturated carbocycles. The number of aromatic nitrogens is 3. The Balaban J connectivity index is 2.54. The van der Waals surface area contributed by atoms with Gasteiger partial charge in [0.15, 0.2) is 0 Å². The van der Waals surface area contributed by atoms with Gasteiger partial charge in [0.05, 0.1) is 12.8 Å². The van der Waals surface area contributed by atoms with Crippen LogP contribution < -0.4 is 5.73 Å². The van der Waals surface area contributed by atoms with Crippen LogP contribution in [0.1, 0.15) is 29.9 Å². The summed E-state index contributed by atoms with van der Waals surface area (Å²) in [6.45, 7) is 6.13. The molecule has 0 spiro atoms. The molecule has 2 aromatic rings. The maximum Gasteiger partial charge on any atom is 0.354 e. The lowest BCUT2D eigenvalue weighted by Crippen LogP contribution is -2.37. The first-order valence-electron chi connectivity index (χ1n) is 6.78. The topological polar surface area (TPSA) is 83.0 Å². The Morgan fingerprint density at radius 1 is 1.50 bits per heavy atom. The Morgan fingerprint density at radius 2 is 2.18 bits per heavy atom. The number of rotatable bonds is 4. The highest BCUT2D eigenvalue weighted by Crippen LogP contribution is 2.25. The summed E-state index contributed by atoms with van der Waals surface area (Å²) in [6.07, 6.45) is 3.47. The highest BCUT2D eigenvalue weighted by atomic mass is 35.5. The molecular formula is C15H19ClN4O2. The van der Waals surface area contributed by atoms with E-state index < -0.39 is 11.5 Å². The lowest BCUT2D eigenvalue weighted by molar-refractivity contribution is 0.0587. The van der Waals surface area contributed by atoms with Gasteiger partial charge in [-0.15, -0.1) is 0 Å². The number of hydrogen-bond acceptors (Lipinski definition) is 5. The molecule has 0 fully saturated rings. The zero-order valence-corrected chi connectivity index (χ0v) is 13.8. The van der Waals surface area contributed by atoms with Gasteiger partial charge >= 0.3 is 5.97 Å². The molecule has 6 nitrogen and oxygen atoms in total. The van der Waals surface area contributed by atoms with E-state index in [1.807, 2.05) is 27.0 Å². The van der Waals surface area contributed by atoms with E-state index in [-0.39, 0.29) is 5.28 Å². The van der Waals surface area contributed by atoms with E-state index in [0.29, 0.717) is 17.9 Å². The third kappa shape index (κ3) is 3.64. The minimum absolute atomic E-state index is 0.159. The molecule has 0 aliphatic carbocycles. The predicted octanol–water partition coefficient (Wildman–Crippen LogP) is 2.43. The first kappa shape index (κ1) is 16.5. The number of nitrogens with two attached hydrogens (primary N) is 1. The van der Waals surface area contributed by atoms with E-state index in [1.54, 1.807) is 16.8 Å². The summed E-state index contributed by atoms with van der Waals surface area (Å²) >= 11 is 5.87. The first-order valence-corrected chi connectivity index (χ1v) is 7.16. The van der Waals surface area contributed by atoms with E-state index >= 15 is 0 Å². The van der Waals surface area contributed by atoms with Crippen LogP contribution in [0.25, 0.3) is 11.3 Å². The van der Waals surface area contributed by atoms with Crippen molar-refractivity contribution in [3.8, 4) is 11.3 Å². The van der Waals surface area contributed by atoms with Crippen LogP contribution in [0, 0.1) is 6.92 Å².